The van der Waals surface area contributed by atoms with E-state index in [1.165, 1.54) is 23.3 Å². The average molecular weight is 283 g/mol. The minimum atomic E-state index is -0.288. The van der Waals surface area contributed by atoms with Crippen molar-refractivity contribution in [3.63, 3.8) is 0 Å². The van der Waals surface area contributed by atoms with E-state index >= 15 is 0 Å². The van der Waals surface area contributed by atoms with E-state index in [2.05, 4.69) is 41.2 Å². The van der Waals surface area contributed by atoms with Crippen LogP contribution >= 0.6 is 0 Å². The zero-order valence-electron chi connectivity index (χ0n) is 11.9. The Bertz CT molecular complexity index is 746. The first-order valence-electron chi connectivity index (χ1n) is 7.14. The van der Waals surface area contributed by atoms with Crippen LogP contribution in [0.4, 0.5) is 4.39 Å². The number of benzene rings is 2. The van der Waals surface area contributed by atoms with Crippen LogP contribution in [0.25, 0.3) is 11.0 Å². The lowest BCUT2D eigenvalue weighted by Gasteiger charge is -2.09. The minimum Gasteiger partial charge on any atom is -0.341 e. The van der Waals surface area contributed by atoms with Gasteiger partial charge >= 0.3 is 0 Å². The number of nitrogens with two attached hydrogens (primary N) is 1. The largest absolute Gasteiger partial charge is 0.341 e. The number of rotatable bonds is 4. The van der Waals surface area contributed by atoms with Gasteiger partial charge in [0.15, 0.2) is 0 Å². The van der Waals surface area contributed by atoms with Crippen LogP contribution in [0.2, 0.25) is 0 Å². The molecule has 1 heterocycles. The quantitative estimate of drug-likeness (QED) is 0.770. The Hall–Kier alpha value is -2.20. The number of halogens is 1. The van der Waals surface area contributed by atoms with Gasteiger partial charge in [0, 0.05) is 6.07 Å². The van der Waals surface area contributed by atoms with Gasteiger partial charge in [-0.05, 0) is 36.1 Å². The van der Waals surface area contributed by atoms with E-state index in [1.807, 2.05) is 0 Å². The standard InChI is InChI=1S/C17H18FN3/c1-2-11-3-5-12(6-4-11)9-14(19)17-20-15-8-7-13(18)10-16(15)21-17/h3-8,10,14H,2,9,19H2,1H3,(H,20,21). The highest BCUT2D eigenvalue weighted by Gasteiger charge is 2.12. The molecule has 0 fully saturated rings. The summed E-state index contributed by atoms with van der Waals surface area (Å²) < 4.78 is 13.2. The van der Waals surface area contributed by atoms with Gasteiger partial charge < -0.3 is 10.7 Å². The summed E-state index contributed by atoms with van der Waals surface area (Å²) in [5, 5.41) is 0. The van der Waals surface area contributed by atoms with E-state index in [0.717, 1.165) is 11.9 Å². The topological polar surface area (TPSA) is 54.7 Å². The monoisotopic (exact) mass is 283 g/mol. The molecule has 3 rings (SSSR count). The maximum atomic E-state index is 13.2. The lowest BCUT2D eigenvalue weighted by molar-refractivity contribution is 0.629. The number of nitrogens with one attached hydrogen (secondary N) is 1. The molecule has 0 spiro atoms. The van der Waals surface area contributed by atoms with Gasteiger partial charge in [0.05, 0.1) is 17.1 Å². The minimum absolute atomic E-state index is 0.229. The molecule has 3 aromatic rings. The van der Waals surface area contributed by atoms with Gasteiger partial charge in [0.2, 0.25) is 0 Å². The van der Waals surface area contributed by atoms with Crippen LogP contribution < -0.4 is 5.73 Å². The van der Waals surface area contributed by atoms with Crippen LogP contribution in [0, 0.1) is 5.82 Å². The van der Waals surface area contributed by atoms with Crippen LogP contribution in [-0.2, 0) is 12.8 Å². The molecule has 0 aliphatic carbocycles. The van der Waals surface area contributed by atoms with Gasteiger partial charge in [-0.3, -0.25) is 0 Å². The summed E-state index contributed by atoms with van der Waals surface area (Å²) in [4.78, 5) is 7.55. The fourth-order valence-corrected chi connectivity index (χ4v) is 2.44. The van der Waals surface area contributed by atoms with Crippen LogP contribution in [0.5, 0.6) is 0 Å². The number of fused-ring (bicyclic) bond motifs is 1. The predicted octanol–water partition coefficient (Wildman–Crippen LogP) is 3.51. The second-order valence-electron chi connectivity index (χ2n) is 5.26. The Morgan fingerprint density at radius 1 is 1.14 bits per heavy atom. The second-order valence-corrected chi connectivity index (χ2v) is 5.26. The number of nitrogens with zero attached hydrogens (tertiary/aromatic N) is 1. The lowest BCUT2D eigenvalue weighted by atomic mass is 10.0. The number of aromatic amines is 1. The molecule has 2 aromatic carbocycles. The zero-order chi connectivity index (χ0) is 14.8. The summed E-state index contributed by atoms with van der Waals surface area (Å²) in [5.41, 5.74) is 10.1. The van der Waals surface area contributed by atoms with E-state index in [0.29, 0.717) is 17.8 Å². The molecule has 1 aromatic heterocycles. The summed E-state index contributed by atoms with van der Waals surface area (Å²) >= 11 is 0. The van der Waals surface area contributed by atoms with Gasteiger partial charge in [-0.2, -0.15) is 0 Å². The summed E-state index contributed by atoms with van der Waals surface area (Å²) in [5.74, 6) is 0.402. The summed E-state index contributed by atoms with van der Waals surface area (Å²) in [6.07, 6.45) is 1.73. The number of hydrogen-bond donors (Lipinski definition) is 2. The second kappa shape index (κ2) is 5.66. The normalized spacial score (nSPS) is 12.7. The third-order valence-corrected chi connectivity index (χ3v) is 3.70. The number of imidazole rings is 1. The first-order valence-corrected chi connectivity index (χ1v) is 7.14. The van der Waals surface area contributed by atoms with Gasteiger partial charge in [0.1, 0.15) is 11.6 Å². The molecule has 0 aliphatic heterocycles. The summed E-state index contributed by atoms with van der Waals surface area (Å²) in [7, 11) is 0. The molecule has 0 saturated heterocycles. The molecule has 1 unspecified atom stereocenters. The van der Waals surface area contributed by atoms with Gasteiger partial charge in [-0.25, -0.2) is 9.37 Å². The molecule has 108 valence electrons. The summed E-state index contributed by atoms with van der Waals surface area (Å²) in [6.45, 7) is 2.13. The third kappa shape index (κ3) is 2.95. The average Bonchev–Trinajstić information content (AvgIpc) is 2.91. The van der Waals surface area contributed by atoms with Crippen molar-refractivity contribution >= 4 is 11.0 Å². The molecular weight excluding hydrogens is 265 g/mol. The maximum Gasteiger partial charge on any atom is 0.125 e. The van der Waals surface area contributed by atoms with Crippen molar-refractivity contribution in [3.05, 3.63) is 65.2 Å². The number of hydrogen-bond acceptors (Lipinski definition) is 2. The Labute approximate surface area is 123 Å². The smallest absolute Gasteiger partial charge is 0.125 e. The van der Waals surface area contributed by atoms with E-state index in [-0.39, 0.29) is 11.9 Å². The number of aryl methyl sites for hydroxylation is 1. The molecule has 0 amide bonds. The third-order valence-electron chi connectivity index (χ3n) is 3.70. The van der Waals surface area contributed by atoms with Crippen molar-refractivity contribution in [2.24, 2.45) is 5.73 Å². The summed E-state index contributed by atoms with van der Waals surface area (Å²) in [6, 6.07) is 12.7. The molecular formula is C17H18FN3. The highest BCUT2D eigenvalue weighted by atomic mass is 19.1. The van der Waals surface area contributed by atoms with Crippen LogP contribution in [-0.4, -0.2) is 9.97 Å². The number of aromatic nitrogens is 2. The molecule has 4 heteroatoms. The fourth-order valence-electron chi connectivity index (χ4n) is 2.44. The Morgan fingerprint density at radius 2 is 1.86 bits per heavy atom. The molecule has 0 saturated carbocycles. The molecule has 3 nitrogen and oxygen atoms in total. The Kier molecular flexibility index (Phi) is 3.71. The van der Waals surface area contributed by atoms with Crippen LogP contribution in [0.3, 0.4) is 0 Å². The molecule has 3 N–H and O–H groups in total. The van der Waals surface area contributed by atoms with Crippen molar-refractivity contribution < 1.29 is 4.39 Å². The maximum absolute atomic E-state index is 13.2. The van der Waals surface area contributed by atoms with E-state index < -0.39 is 0 Å². The van der Waals surface area contributed by atoms with Crippen molar-refractivity contribution in [2.75, 3.05) is 0 Å². The van der Waals surface area contributed by atoms with Crippen molar-refractivity contribution in [2.45, 2.75) is 25.8 Å². The molecule has 0 radical (unpaired) electrons. The highest BCUT2D eigenvalue weighted by Crippen LogP contribution is 2.19. The van der Waals surface area contributed by atoms with Crippen molar-refractivity contribution in [1.82, 2.24) is 9.97 Å². The molecule has 21 heavy (non-hydrogen) atoms. The zero-order valence-corrected chi connectivity index (χ0v) is 11.9. The first-order chi connectivity index (χ1) is 10.2. The van der Waals surface area contributed by atoms with E-state index in [1.54, 1.807) is 6.07 Å². The van der Waals surface area contributed by atoms with Crippen LogP contribution in [0.1, 0.15) is 29.9 Å². The fraction of sp³-hybridized carbons (Fsp3) is 0.235. The van der Waals surface area contributed by atoms with Gasteiger partial charge in [0.25, 0.3) is 0 Å². The van der Waals surface area contributed by atoms with Gasteiger partial charge in [-0.15, -0.1) is 0 Å². The Morgan fingerprint density at radius 3 is 2.57 bits per heavy atom. The van der Waals surface area contributed by atoms with E-state index in [4.69, 9.17) is 5.73 Å². The van der Waals surface area contributed by atoms with Gasteiger partial charge in [-0.1, -0.05) is 31.2 Å². The van der Waals surface area contributed by atoms with Crippen molar-refractivity contribution in [1.29, 1.82) is 0 Å². The van der Waals surface area contributed by atoms with Crippen molar-refractivity contribution in [3.8, 4) is 0 Å². The first kappa shape index (κ1) is 13.8. The molecule has 0 aliphatic rings. The van der Waals surface area contributed by atoms with E-state index in [9.17, 15) is 4.39 Å². The number of H-pyrrole nitrogens is 1. The SMILES string of the molecule is CCc1ccc(CC(N)c2nc3cc(F)ccc3[nH]2)cc1. The predicted molar refractivity (Wildman–Crippen MR) is 82.5 cm³/mol. The lowest BCUT2D eigenvalue weighted by Crippen LogP contribution is -2.15. The molecule has 1 atom stereocenters. The molecule has 0 bridgehead atoms. The Balaban J connectivity index is 1.80. The van der Waals surface area contributed by atoms with Crippen LogP contribution in [0.15, 0.2) is 42.5 Å². The highest BCUT2D eigenvalue weighted by molar-refractivity contribution is 5.75.